The van der Waals surface area contributed by atoms with Crippen LogP contribution >= 0.6 is 11.6 Å². The zero-order valence-corrected chi connectivity index (χ0v) is 21.2. The maximum Gasteiger partial charge on any atom is 0.273 e. The van der Waals surface area contributed by atoms with E-state index in [9.17, 15) is 4.79 Å². The number of carbonyl (C=O) groups is 1. The summed E-state index contributed by atoms with van der Waals surface area (Å²) in [5.74, 6) is 2.39. The summed E-state index contributed by atoms with van der Waals surface area (Å²) in [5, 5.41) is 8.13. The second-order valence-electron chi connectivity index (χ2n) is 9.22. The van der Waals surface area contributed by atoms with Gasteiger partial charge in [-0.2, -0.15) is 5.10 Å². The van der Waals surface area contributed by atoms with Gasteiger partial charge >= 0.3 is 0 Å². The van der Waals surface area contributed by atoms with E-state index < -0.39 is 6.04 Å². The van der Waals surface area contributed by atoms with Gasteiger partial charge in [0.15, 0.2) is 11.5 Å². The number of rotatable bonds is 9. The van der Waals surface area contributed by atoms with Crippen LogP contribution in [0.3, 0.4) is 0 Å². The predicted molar refractivity (Wildman–Crippen MR) is 137 cm³/mol. The molecule has 2 aromatic carbocycles. The van der Waals surface area contributed by atoms with Gasteiger partial charge in [0, 0.05) is 16.1 Å². The summed E-state index contributed by atoms with van der Waals surface area (Å²) in [6, 6.07) is 16.5. The summed E-state index contributed by atoms with van der Waals surface area (Å²) in [4.78, 5) is 15.4. The number of hydrogen-bond donors (Lipinski definition) is 1. The molecule has 4 aromatic rings. The number of halogens is 1. The van der Waals surface area contributed by atoms with Crippen LogP contribution in [0.2, 0.25) is 5.02 Å². The zero-order chi connectivity index (χ0) is 25.2. The lowest BCUT2D eigenvalue weighted by Gasteiger charge is -2.26. The first-order valence-corrected chi connectivity index (χ1v) is 12.3. The first-order chi connectivity index (χ1) is 17.5. The van der Waals surface area contributed by atoms with Gasteiger partial charge in [0.05, 0.1) is 38.3 Å². The summed E-state index contributed by atoms with van der Waals surface area (Å²) in [6.45, 7) is 5.24. The molecule has 1 unspecified atom stereocenters. The number of furan rings is 1. The number of carbonyl (C=O) groups excluding carboxylic acids is 1. The fraction of sp³-hybridized carbons (Fsp3) is 0.286. The molecule has 5 rings (SSSR count). The number of hydrogen-bond acceptors (Lipinski definition) is 5. The average molecular weight is 506 g/mol. The Morgan fingerprint density at radius 3 is 2.64 bits per heavy atom. The van der Waals surface area contributed by atoms with Gasteiger partial charge < -0.3 is 18.8 Å². The van der Waals surface area contributed by atoms with E-state index in [1.54, 1.807) is 18.3 Å². The lowest BCUT2D eigenvalue weighted by Crippen LogP contribution is -2.29. The van der Waals surface area contributed by atoms with Crippen molar-refractivity contribution in [1.82, 2.24) is 15.1 Å². The van der Waals surface area contributed by atoms with Crippen molar-refractivity contribution in [1.29, 1.82) is 0 Å². The first-order valence-electron chi connectivity index (χ1n) is 11.9. The molecule has 3 heterocycles. The Bertz CT molecular complexity index is 1350. The van der Waals surface area contributed by atoms with E-state index in [-0.39, 0.29) is 5.91 Å². The van der Waals surface area contributed by atoms with Gasteiger partial charge in [0.1, 0.15) is 11.5 Å². The van der Waals surface area contributed by atoms with Crippen molar-refractivity contribution in [2.24, 2.45) is 5.92 Å². The largest absolute Gasteiger partial charge is 0.493 e. The van der Waals surface area contributed by atoms with Crippen molar-refractivity contribution in [3.63, 3.8) is 0 Å². The summed E-state index contributed by atoms with van der Waals surface area (Å²) in [5.41, 5.74) is 3.74. The van der Waals surface area contributed by atoms with E-state index in [1.807, 2.05) is 54.6 Å². The number of methoxy groups -OCH3 is 1. The van der Waals surface area contributed by atoms with Crippen LogP contribution in [0.4, 0.5) is 0 Å². The summed E-state index contributed by atoms with van der Waals surface area (Å²) in [7, 11) is 1.62. The van der Waals surface area contributed by atoms with E-state index in [0.29, 0.717) is 52.7 Å². The van der Waals surface area contributed by atoms with Gasteiger partial charge in [-0.3, -0.25) is 9.89 Å². The lowest BCUT2D eigenvalue weighted by atomic mass is 9.95. The van der Waals surface area contributed by atoms with Crippen molar-refractivity contribution < 1.29 is 18.7 Å². The maximum atomic E-state index is 13.6. The second-order valence-corrected chi connectivity index (χ2v) is 9.66. The maximum absolute atomic E-state index is 13.6. The van der Waals surface area contributed by atoms with E-state index in [4.69, 9.17) is 25.5 Å². The fourth-order valence-corrected chi connectivity index (χ4v) is 4.61. The van der Waals surface area contributed by atoms with Crippen molar-refractivity contribution in [2.45, 2.75) is 32.9 Å². The Morgan fingerprint density at radius 2 is 1.94 bits per heavy atom. The van der Waals surface area contributed by atoms with Gasteiger partial charge in [0.25, 0.3) is 5.91 Å². The average Bonchev–Trinajstić information content (AvgIpc) is 3.59. The quantitative estimate of drug-likeness (QED) is 0.281. The molecule has 1 aliphatic rings. The third-order valence-corrected chi connectivity index (χ3v) is 6.60. The molecule has 0 fully saturated rings. The number of nitrogens with one attached hydrogen (secondary N) is 1. The Hall–Kier alpha value is -3.71. The highest BCUT2D eigenvalue weighted by Gasteiger charge is 2.42. The minimum atomic E-state index is -0.402. The minimum absolute atomic E-state index is 0.143. The Balaban J connectivity index is 1.57. The molecule has 0 saturated carbocycles. The molecule has 1 aliphatic heterocycles. The lowest BCUT2D eigenvalue weighted by molar-refractivity contribution is 0.0716. The fourth-order valence-electron chi connectivity index (χ4n) is 4.48. The Kier molecular flexibility index (Phi) is 6.74. The third-order valence-electron chi connectivity index (χ3n) is 6.34. The number of amides is 1. The molecule has 2 aromatic heterocycles. The Morgan fingerprint density at radius 1 is 1.14 bits per heavy atom. The highest BCUT2D eigenvalue weighted by atomic mass is 35.5. The first kappa shape index (κ1) is 24.0. The van der Waals surface area contributed by atoms with E-state index in [0.717, 1.165) is 23.1 Å². The van der Waals surface area contributed by atoms with Crippen molar-refractivity contribution >= 4 is 17.5 Å². The smallest absolute Gasteiger partial charge is 0.273 e. The van der Waals surface area contributed by atoms with Crippen LogP contribution < -0.4 is 9.47 Å². The molecule has 1 N–H and O–H groups in total. The molecule has 1 atom stereocenters. The van der Waals surface area contributed by atoms with Crippen LogP contribution in [0.5, 0.6) is 11.5 Å². The number of aromatic nitrogens is 2. The predicted octanol–water partition coefficient (Wildman–Crippen LogP) is 6.50. The van der Waals surface area contributed by atoms with Crippen LogP contribution in [0.1, 0.15) is 53.7 Å². The highest BCUT2D eigenvalue weighted by molar-refractivity contribution is 6.30. The minimum Gasteiger partial charge on any atom is -0.493 e. The van der Waals surface area contributed by atoms with Crippen molar-refractivity contribution in [2.75, 3.05) is 13.7 Å². The van der Waals surface area contributed by atoms with E-state index >= 15 is 0 Å². The van der Waals surface area contributed by atoms with Gasteiger partial charge in [-0.15, -0.1) is 0 Å². The van der Waals surface area contributed by atoms with Crippen LogP contribution in [0, 0.1) is 5.92 Å². The molecule has 0 aliphatic carbocycles. The molecule has 186 valence electrons. The highest BCUT2D eigenvalue weighted by Crippen LogP contribution is 2.45. The molecule has 36 heavy (non-hydrogen) atoms. The van der Waals surface area contributed by atoms with Gasteiger partial charge in [0.2, 0.25) is 0 Å². The number of ether oxygens (including phenoxy) is 2. The van der Waals surface area contributed by atoms with Crippen LogP contribution in [0.15, 0.2) is 65.3 Å². The van der Waals surface area contributed by atoms with Crippen molar-refractivity contribution in [3.8, 4) is 22.8 Å². The number of H-pyrrole nitrogens is 1. The normalized spacial score (nSPS) is 15.0. The molecule has 0 spiro atoms. The summed E-state index contributed by atoms with van der Waals surface area (Å²) >= 11 is 6.12. The molecular formula is C28H28ClN3O4. The van der Waals surface area contributed by atoms with E-state index in [1.165, 1.54) is 0 Å². The topological polar surface area (TPSA) is 80.6 Å². The molecule has 0 bridgehead atoms. The molecule has 0 radical (unpaired) electrons. The number of fused-ring (bicyclic) bond motifs is 1. The molecule has 0 saturated heterocycles. The van der Waals surface area contributed by atoms with Crippen molar-refractivity contribution in [3.05, 3.63) is 88.5 Å². The van der Waals surface area contributed by atoms with Gasteiger partial charge in [-0.25, -0.2) is 0 Å². The molecule has 8 heteroatoms. The molecule has 1 amide bonds. The summed E-state index contributed by atoms with van der Waals surface area (Å²) < 4.78 is 17.3. The molecule has 7 nitrogen and oxygen atoms in total. The number of aromatic amines is 1. The standard InChI is InChI=1S/C28H28ClN3O4/c1-17(2)12-14-36-22-11-8-19(15-23(22)34-3)27-24-25(18-6-9-20(29)10-7-18)30-31-26(24)28(33)32(27)16-21-5-4-13-35-21/h4-11,13,15,17,27H,12,14,16H2,1-3H3,(H,30,31). The molecular weight excluding hydrogens is 478 g/mol. The number of nitrogens with zero attached hydrogens (tertiary/aromatic N) is 2. The van der Waals surface area contributed by atoms with Gasteiger partial charge in [-0.05, 0) is 54.3 Å². The SMILES string of the molecule is COc1cc(C2c3c(-c4ccc(Cl)cc4)n[nH]c3C(=O)N2Cc2ccco2)ccc1OCCC(C)C. The van der Waals surface area contributed by atoms with Crippen LogP contribution in [-0.4, -0.2) is 34.7 Å². The second kappa shape index (κ2) is 10.1. The van der Waals surface area contributed by atoms with E-state index in [2.05, 4.69) is 24.0 Å². The zero-order valence-electron chi connectivity index (χ0n) is 20.5. The summed E-state index contributed by atoms with van der Waals surface area (Å²) in [6.07, 6.45) is 2.55. The monoisotopic (exact) mass is 505 g/mol. The van der Waals surface area contributed by atoms with Crippen LogP contribution in [0.25, 0.3) is 11.3 Å². The third kappa shape index (κ3) is 4.58. The van der Waals surface area contributed by atoms with Crippen LogP contribution in [-0.2, 0) is 6.54 Å². The van der Waals surface area contributed by atoms with Gasteiger partial charge in [-0.1, -0.05) is 43.6 Å². The Labute approximate surface area is 215 Å². The number of benzene rings is 2.